The van der Waals surface area contributed by atoms with Crippen LogP contribution in [0.2, 0.25) is 0 Å². The zero-order valence-corrected chi connectivity index (χ0v) is 18.9. The SMILES string of the molecule is COc1ccc(Nc2ncccc2C(=O)N2CCC[C@@H]2c2ccnc(-c3ccccc3)n2)cc1. The smallest absolute Gasteiger partial charge is 0.258 e. The van der Waals surface area contributed by atoms with Crippen LogP contribution in [-0.2, 0) is 0 Å². The van der Waals surface area contributed by atoms with Crippen LogP contribution >= 0.6 is 0 Å². The highest BCUT2D eigenvalue weighted by Gasteiger charge is 2.33. The number of aromatic nitrogens is 3. The molecule has 0 saturated carbocycles. The number of hydrogen-bond acceptors (Lipinski definition) is 6. The summed E-state index contributed by atoms with van der Waals surface area (Å²) in [4.78, 5) is 29.3. The van der Waals surface area contributed by atoms with Gasteiger partial charge in [0.15, 0.2) is 5.82 Å². The average molecular weight is 452 g/mol. The van der Waals surface area contributed by atoms with E-state index >= 15 is 0 Å². The number of nitrogens with zero attached hydrogens (tertiary/aromatic N) is 4. The molecule has 1 saturated heterocycles. The topological polar surface area (TPSA) is 80.2 Å². The molecule has 0 bridgehead atoms. The molecule has 0 unspecified atom stereocenters. The molecule has 3 heterocycles. The number of likely N-dealkylation sites (tertiary alicyclic amines) is 1. The predicted molar refractivity (Wildman–Crippen MR) is 131 cm³/mol. The minimum atomic E-state index is -0.105. The first-order chi connectivity index (χ1) is 16.7. The summed E-state index contributed by atoms with van der Waals surface area (Å²) in [6.45, 7) is 0.672. The molecule has 1 aliphatic heterocycles. The van der Waals surface area contributed by atoms with Crippen LogP contribution in [0.4, 0.5) is 11.5 Å². The number of nitrogens with one attached hydrogen (secondary N) is 1. The van der Waals surface area contributed by atoms with E-state index in [1.54, 1.807) is 25.6 Å². The van der Waals surface area contributed by atoms with E-state index in [1.807, 2.05) is 71.6 Å². The molecular formula is C27H25N5O2. The van der Waals surface area contributed by atoms with Gasteiger partial charge in [-0.25, -0.2) is 15.0 Å². The first-order valence-electron chi connectivity index (χ1n) is 11.3. The van der Waals surface area contributed by atoms with Gasteiger partial charge in [0.1, 0.15) is 11.6 Å². The highest BCUT2D eigenvalue weighted by atomic mass is 16.5. The number of carbonyl (C=O) groups excluding carboxylic acids is 1. The minimum absolute atomic E-state index is 0.0634. The molecule has 170 valence electrons. The van der Waals surface area contributed by atoms with Crippen LogP contribution in [0.15, 0.2) is 85.2 Å². The highest BCUT2D eigenvalue weighted by molar-refractivity contribution is 5.99. The molecule has 5 rings (SSSR count). The quantitative estimate of drug-likeness (QED) is 0.430. The lowest BCUT2D eigenvalue weighted by atomic mass is 10.1. The molecule has 1 fully saturated rings. The molecular weight excluding hydrogens is 426 g/mol. The van der Waals surface area contributed by atoms with Crippen LogP contribution in [0.5, 0.6) is 5.75 Å². The molecule has 0 spiro atoms. The second-order valence-corrected chi connectivity index (χ2v) is 8.08. The lowest BCUT2D eigenvalue weighted by Gasteiger charge is -2.25. The van der Waals surface area contributed by atoms with Crippen molar-refractivity contribution in [3.8, 4) is 17.1 Å². The van der Waals surface area contributed by atoms with Crippen molar-refractivity contribution in [2.75, 3.05) is 19.0 Å². The third kappa shape index (κ3) is 4.45. The summed E-state index contributed by atoms with van der Waals surface area (Å²) in [6, 6.07) is 22.8. The van der Waals surface area contributed by atoms with Crippen LogP contribution in [-0.4, -0.2) is 39.4 Å². The standard InChI is InChI=1S/C27H25N5O2/c1-34-21-13-11-20(12-14-21)30-26-22(9-5-16-28-26)27(33)32-18-6-10-24(32)23-15-17-29-25(31-23)19-7-3-2-4-8-19/h2-5,7-9,11-17,24H,6,10,18H2,1H3,(H,28,30)/t24-/m1/s1. The Kier molecular flexibility index (Phi) is 6.16. The summed E-state index contributed by atoms with van der Waals surface area (Å²) in [7, 11) is 1.63. The number of rotatable bonds is 6. The number of pyridine rings is 1. The van der Waals surface area contributed by atoms with Crippen molar-refractivity contribution in [2.24, 2.45) is 0 Å². The van der Waals surface area contributed by atoms with Crippen molar-refractivity contribution < 1.29 is 9.53 Å². The third-order valence-corrected chi connectivity index (χ3v) is 5.96. The third-order valence-electron chi connectivity index (χ3n) is 5.96. The van der Waals surface area contributed by atoms with Crippen LogP contribution in [0.25, 0.3) is 11.4 Å². The van der Waals surface area contributed by atoms with Crippen LogP contribution in [0, 0.1) is 0 Å². The Labute approximate surface area is 198 Å². The summed E-state index contributed by atoms with van der Waals surface area (Å²) in [5.41, 5.74) is 3.17. The fourth-order valence-corrected chi connectivity index (χ4v) is 4.25. The number of hydrogen-bond donors (Lipinski definition) is 1. The largest absolute Gasteiger partial charge is 0.497 e. The van der Waals surface area contributed by atoms with Crippen molar-refractivity contribution in [3.63, 3.8) is 0 Å². The Morgan fingerprint density at radius 2 is 1.79 bits per heavy atom. The summed E-state index contributed by atoms with van der Waals surface area (Å²) in [6.07, 6.45) is 5.23. The van der Waals surface area contributed by atoms with E-state index < -0.39 is 0 Å². The molecule has 0 aliphatic carbocycles. The number of benzene rings is 2. The number of amides is 1. The minimum Gasteiger partial charge on any atom is -0.497 e. The number of anilines is 2. The number of ether oxygens (including phenoxy) is 1. The molecule has 1 N–H and O–H groups in total. The Hall–Kier alpha value is -4.26. The maximum Gasteiger partial charge on any atom is 0.258 e. The Morgan fingerprint density at radius 1 is 0.971 bits per heavy atom. The first kappa shape index (κ1) is 21.6. The summed E-state index contributed by atoms with van der Waals surface area (Å²) >= 11 is 0. The molecule has 2 aromatic carbocycles. The van der Waals surface area contributed by atoms with E-state index in [1.165, 1.54) is 0 Å². The van der Waals surface area contributed by atoms with Gasteiger partial charge >= 0.3 is 0 Å². The maximum absolute atomic E-state index is 13.7. The monoisotopic (exact) mass is 451 g/mol. The predicted octanol–water partition coefficient (Wildman–Crippen LogP) is 5.27. The Morgan fingerprint density at radius 3 is 2.59 bits per heavy atom. The van der Waals surface area contributed by atoms with Gasteiger partial charge in [-0.1, -0.05) is 30.3 Å². The second kappa shape index (κ2) is 9.70. The van der Waals surface area contributed by atoms with Crippen molar-refractivity contribution in [1.29, 1.82) is 0 Å². The molecule has 34 heavy (non-hydrogen) atoms. The van der Waals surface area contributed by atoms with E-state index in [0.717, 1.165) is 35.5 Å². The van der Waals surface area contributed by atoms with Crippen LogP contribution in [0.1, 0.15) is 34.9 Å². The van der Waals surface area contributed by atoms with Gasteiger partial charge in [0.25, 0.3) is 5.91 Å². The summed E-state index contributed by atoms with van der Waals surface area (Å²) < 4.78 is 5.22. The molecule has 1 atom stereocenters. The Bertz CT molecular complexity index is 1280. The van der Waals surface area contributed by atoms with Crippen LogP contribution < -0.4 is 10.1 Å². The fourth-order valence-electron chi connectivity index (χ4n) is 4.25. The molecule has 7 heteroatoms. The van der Waals surface area contributed by atoms with Crippen molar-refractivity contribution in [3.05, 3.63) is 96.4 Å². The summed E-state index contributed by atoms with van der Waals surface area (Å²) in [5.74, 6) is 1.89. The average Bonchev–Trinajstić information content (AvgIpc) is 3.40. The maximum atomic E-state index is 13.7. The Balaban J connectivity index is 1.41. The van der Waals surface area contributed by atoms with E-state index in [0.29, 0.717) is 23.8 Å². The zero-order valence-electron chi connectivity index (χ0n) is 18.9. The van der Waals surface area contributed by atoms with Gasteiger partial charge < -0.3 is 15.0 Å². The molecule has 0 radical (unpaired) electrons. The highest BCUT2D eigenvalue weighted by Crippen LogP contribution is 2.34. The van der Waals surface area contributed by atoms with Gasteiger partial charge in [-0.15, -0.1) is 0 Å². The molecule has 1 aliphatic rings. The van der Waals surface area contributed by atoms with Crippen molar-refractivity contribution in [2.45, 2.75) is 18.9 Å². The van der Waals surface area contributed by atoms with Gasteiger partial charge in [0.2, 0.25) is 0 Å². The first-order valence-corrected chi connectivity index (χ1v) is 11.3. The number of methoxy groups -OCH3 is 1. The van der Waals surface area contributed by atoms with Gasteiger partial charge in [-0.2, -0.15) is 0 Å². The van der Waals surface area contributed by atoms with E-state index in [4.69, 9.17) is 9.72 Å². The lowest BCUT2D eigenvalue weighted by molar-refractivity contribution is 0.0733. The number of carbonyl (C=O) groups is 1. The molecule has 2 aromatic heterocycles. The van der Waals surface area contributed by atoms with Crippen LogP contribution in [0.3, 0.4) is 0 Å². The molecule has 4 aromatic rings. The van der Waals surface area contributed by atoms with Gasteiger partial charge in [0.05, 0.1) is 24.4 Å². The van der Waals surface area contributed by atoms with E-state index in [-0.39, 0.29) is 11.9 Å². The normalized spacial score (nSPS) is 15.2. The molecule has 1 amide bonds. The van der Waals surface area contributed by atoms with Gasteiger partial charge in [-0.3, -0.25) is 4.79 Å². The summed E-state index contributed by atoms with van der Waals surface area (Å²) in [5, 5.41) is 3.27. The lowest BCUT2D eigenvalue weighted by Crippen LogP contribution is -2.31. The van der Waals surface area contributed by atoms with Crippen molar-refractivity contribution in [1.82, 2.24) is 19.9 Å². The van der Waals surface area contributed by atoms with E-state index in [9.17, 15) is 4.79 Å². The zero-order chi connectivity index (χ0) is 23.3. The van der Waals surface area contributed by atoms with Gasteiger partial charge in [-0.05, 0) is 55.3 Å². The van der Waals surface area contributed by atoms with Gasteiger partial charge in [0, 0.05) is 30.2 Å². The molecule has 7 nitrogen and oxygen atoms in total. The fraction of sp³-hybridized carbons (Fsp3) is 0.185. The van der Waals surface area contributed by atoms with E-state index in [2.05, 4.69) is 15.3 Å². The second-order valence-electron chi connectivity index (χ2n) is 8.08. The van der Waals surface area contributed by atoms with Crippen molar-refractivity contribution >= 4 is 17.4 Å².